The van der Waals surface area contributed by atoms with Crippen molar-refractivity contribution in [3.8, 4) is 5.75 Å². The first-order chi connectivity index (χ1) is 15.4. The second kappa shape index (κ2) is 11.5. The van der Waals surface area contributed by atoms with Crippen molar-refractivity contribution in [2.75, 3.05) is 11.1 Å². The predicted octanol–water partition coefficient (Wildman–Crippen LogP) is 5.81. The molecule has 2 aromatic carbocycles. The SMILES string of the molecule is C=CCn1c(COc2ccc(C)cc2)nnc1SCC(=O)Nc1ccc(I)cc1C(C)C. The summed E-state index contributed by atoms with van der Waals surface area (Å²) in [5, 5.41) is 12.2. The molecule has 0 spiro atoms. The number of rotatable bonds is 10. The number of nitrogens with zero attached hydrogens (tertiary/aromatic N) is 3. The lowest BCUT2D eigenvalue weighted by Gasteiger charge is -2.14. The van der Waals surface area contributed by atoms with Gasteiger partial charge in [-0.1, -0.05) is 49.4 Å². The molecular weight excluding hydrogens is 535 g/mol. The molecule has 0 saturated carbocycles. The third-order valence-electron chi connectivity index (χ3n) is 4.74. The van der Waals surface area contributed by atoms with E-state index in [1.54, 1.807) is 6.08 Å². The van der Waals surface area contributed by atoms with Gasteiger partial charge >= 0.3 is 0 Å². The predicted molar refractivity (Wildman–Crippen MR) is 138 cm³/mol. The van der Waals surface area contributed by atoms with Crippen molar-refractivity contribution in [3.63, 3.8) is 0 Å². The summed E-state index contributed by atoms with van der Waals surface area (Å²) in [7, 11) is 0. The number of aromatic nitrogens is 3. The van der Waals surface area contributed by atoms with E-state index in [2.05, 4.69) is 64.6 Å². The molecule has 0 atom stereocenters. The second-order valence-corrected chi connectivity index (χ2v) is 9.81. The van der Waals surface area contributed by atoms with E-state index in [0.29, 0.717) is 23.4 Å². The van der Waals surface area contributed by atoms with Gasteiger partial charge in [-0.05, 0) is 71.3 Å². The van der Waals surface area contributed by atoms with Crippen LogP contribution in [0.4, 0.5) is 5.69 Å². The molecule has 1 aromatic heterocycles. The van der Waals surface area contributed by atoms with Gasteiger partial charge < -0.3 is 10.1 Å². The van der Waals surface area contributed by atoms with E-state index < -0.39 is 0 Å². The molecule has 32 heavy (non-hydrogen) atoms. The first kappa shape index (κ1) is 24.3. The number of thioether (sulfide) groups is 1. The van der Waals surface area contributed by atoms with Crippen molar-refractivity contribution in [2.24, 2.45) is 0 Å². The Morgan fingerprint density at radius 2 is 2.00 bits per heavy atom. The molecule has 0 aliphatic heterocycles. The Labute approximate surface area is 207 Å². The highest BCUT2D eigenvalue weighted by molar-refractivity contribution is 14.1. The van der Waals surface area contributed by atoms with Gasteiger partial charge in [-0.2, -0.15) is 0 Å². The molecule has 0 aliphatic carbocycles. The number of amides is 1. The number of carbonyl (C=O) groups excluding carboxylic acids is 1. The average molecular weight is 562 g/mol. The van der Waals surface area contributed by atoms with Crippen LogP contribution in [0, 0.1) is 10.5 Å². The van der Waals surface area contributed by atoms with Crippen LogP contribution in [-0.4, -0.2) is 26.4 Å². The molecular formula is C24H27IN4O2S. The number of nitrogens with one attached hydrogen (secondary N) is 1. The molecule has 8 heteroatoms. The van der Waals surface area contributed by atoms with Crippen LogP contribution in [0.1, 0.15) is 36.7 Å². The Kier molecular flexibility index (Phi) is 8.75. The molecule has 3 aromatic rings. The van der Waals surface area contributed by atoms with Crippen LogP contribution < -0.4 is 10.1 Å². The highest BCUT2D eigenvalue weighted by Gasteiger charge is 2.15. The summed E-state index contributed by atoms with van der Waals surface area (Å²) in [6.07, 6.45) is 1.78. The maximum Gasteiger partial charge on any atom is 0.234 e. The third kappa shape index (κ3) is 6.59. The number of benzene rings is 2. The van der Waals surface area contributed by atoms with Crippen molar-refractivity contribution in [3.05, 3.63) is 75.6 Å². The van der Waals surface area contributed by atoms with E-state index >= 15 is 0 Å². The largest absolute Gasteiger partial charge is 0.486 e. The number of hydrogen-bond donors (Lipinski definition) is 1. The number of carbonyl (C=O) groups is 1. The average Bonchev–Trinajstić information content (AvgIpc) is 3.15. The number of halogens is 1. The fourth-order valence-electron chi connectivity index (χ4n) is 3.07. The van der Waals surface area contributed by atoms with Crippen molar-refractivity contribution in [1.29, 1.82) is 0 Å². The summed E-state index contributed by atoms with van der Waals surface area (Å²) < 4.78 is 8.92. The zero-order chi connectivity index (χ0) is 23.1. The van der Waals surface area contributed by atoms with E-state index in [1.807, 2.05) is 47.9 Å². The summed E-state index contributed by atoms with van der Waals surface area (Å²) in [5.41, 5.74) is 3.15. The molecule has 1 amide bonds. The minimum Gasteiger partial charge on any atom is -0.486 e. The molecule has 168 valence electrons. The number of anilines is 1. The molecule has 0 saturated heterocycles. The van der Waals surface area contributed by atoms with Gasteiger partial charge in [-0.15, -0.1) is 16.8 Å². The van der Waals surface area contributed by atoms with Gasteiger partial charge in [0.05, 0.1) is 5.75 Å². The van der Waals surface area contributed by atoms with Gasteiger partial charge in [-0.3, -0.25) is 9.36 Å². The second-order valence-electron chi connectivity index (χ2n) is 7.62. The monoisotopic (exact) mass is 562 g/mol. The topological polar surface area (TPSA) is 69.0 Å². The lowest BCUT2D eigenvalue weighted by Crippen LogP contribution is -2.16. The van der Waals surface area contributed by atoms with Crippen LogP contribution in [0.3, 0.4) is 0 Å². The van der Waals surface area contributed by atoms with Crippen molar-refractivity contribution >= 4 is 45.9 Å². The number of hydrogen-bond acceptors (Lipinski definition) is 5. The zero-order valence-corrected chi connectivity index (χ0v) is 21.4. The van der Waals surface area contributed by atoms with E-state index in [0.717, 1.165) is 20.6 Å². The van der Waals surface area contributed by atoms with Crippen LogP contribution in [-0.2, 0) is 17.9 Å². The Balaban J connectivity index is 1.64. The molecule has 3 rings (SSSR count). The molecule has 0 unspecified atom stereocenters. The van der Waals surface area contributed by atoms with E-state index in [9.17, 15) is 4.79 Å². The van der Waals surface area contributed by atoms with Gasteiger partial charge in [0, 0.05) is 15.8 Å². The van der Waals surface area contributed by atoms with Gasteiger partial charge in [-0.25, -0.2) is 0 Å². The standard InChI is InChI=1S/C24H27IN4O2S/c1-5-12-29-22(14-31-19-9-6-17(4)7-10-19)27-28-24(29)32-15-23(30)26-21-11-8-18(25)13-20(21)16(2)3/h5-11,13,16H,1,12,14-15H2,2-4H3,(H,26,30). The van der Waals surface area contributed by atoms with Gasteiger partial charge in [0.15, 0.2) is 11.0 Å². The van der Waals surface area contributed by atoms with Crippen LogP contribution in [0.2, 0.25) is 0 Å². The molecule has 0 bridgehead atoms. The lowest BCUT2D eigenvalue weighted by molar-refractivity contribution is -0.113. The maximum absolute atomic E-state index is 12.6. The Morgan fingerprint density at radius 3 is 2.69 bits per heavy atom. The molecule has 0 radical (unpaired) electrons. The first-order valence-corrected chi connectivity index (χ1v) is 12.4. The summed E-state index contributed by atoms with van der Waals surface area (Å²) >= 11 is 3.63. The number of ether oxygens (including phenoxy) is 1. The van der Waals surface area contributed by atoms with Crippen LogP contribution >= 0.6 is 34.4 Å². The summed E-state index contributed by atoms with van der Waals surface area (Å²) in [4.78, 5) is 12.6. The molecule has 1 N–H and O–H groups in total. The Bertz CT molecular complexity index is 1080. The summed E-state index contributed by atoms with van der Waals surface area (Å²) in [5.74, 6) is 1.93. The zero-order valence-electron chi connectivity index (χ0n) is 18.5. The smallest absolute Gasteiger partial charge is 0.234 e. The van der Waals surface area contributed by atoms with Crippen LogP contribution in [0.25, 0.3) is 0 Å². The first-order valence-electron chi connectivity index (χ1n) is 10.3. The minimum absolute atomic E-state index is 0.0799. The number of aryl methyl sites for hydroxylation is 1. The van der Waals surface area contributed by atoms with Gasteiger partial charge in [0.1, 0.15) is 12.4 Å². The normalized spacial score (nSPS) is 10.9. The van der Waals surface area contributed by atoms with E-state index in [1.165, 1.54) is 17.3 Å². The summed E-state index contributed by atoms with van der Waals surface area (Å²) in [6.45, 7) is 10.9. The fourth-order valence-corrected chi connectivity index (χ4v) is 4.35. The van der Waals surface area contributed by atoms with Crippen molar-refractivity contribution in [1.82, 2.24) is 14.8 Å². The van der Waals surface area contributed by atoms with E-state index in [4.69, 9.17) is 4.74 Å². The van der Waals surface area contributed by atoms with Crippen molar-refractivity contribution < 1.29 is 9.53 Å². The highest BCUT2D eigenvalue weighted by Crippen LogP contribution is 2.27. The van der Waals surface area contributed by atoms with E-state index in [-0.39, 0.29) is 18.3 Å². The van der Waals surface area contributed by atoms with Crippen LogP contribution in [0.5, 0.6) is 5.75 Å². The molecule has 6 nitrogen and oxygen atoms in total. The van der Waals surface area contributed by atoms with Crippen molar-refractivity contribution in [2.45, 2.75) is 45.0 Å². The minimum atomic E-state index is -0.0799. The Hall–Kier alpha value is -2.33. The van der Waals surface area contributed by atoms with Gasteiger partial charge in [0.25, 0.3) is 0 Å². The maximum atomic E-state index is 12.6. The Morgan fingerprint density at radius 1 is 1.25 bits per heavy atom. The highest BCUT2D eigenvalue weighted by atomic mass is 127. The quantitative estimate of drug-likeness (QED) is 0.192. The number of allylic oxidation sites excluding steroid dienone is 1. The summed E-state index contributed by atoms with van der Waals surface area (Å²) in [6, 6.07) is 13.9. The fraction of sp³-hybridized carbons (Fsp3) is 0.292. The third-order valence-corrected chi connectivity index (χ3v) is 6.37. The molecule has 0 aliphatic rings. The van der Waals surface area contributed by atoms with Gasteiger partial charge in [0.2, 0.25) is 5.91 Å². The molecule has 1 heterocycles. The molecule has 0 fully saturated rings. The van der Waals surface area contributed by atoms with Crippen LogP contribution in [0.15, 0.2) is 60.3 Å². The lowest BCUT2D eigenvalue weighted by atomic mass is 10.0.